The molecule has 0 bridgehead atoms. The molecule has 2 aromatic rings. The number of aliphatic imine (C=N–C) groups is 1. The number of guanidine groups is 1. The summed E-state index contributed by atoms with van der Waals surface area (Å²) in [5.74, 6) is 0.944. The predicted octanol–water partition coefficient (Wildman–Crippen LogP) is 3.83. The summed E-state index contributed by atoms with van der Waals surface area (Å²) in [5.41, 5.74) is 2.51. The van der Waals surface area contributed by atoms with Crippen molar-refractivity contribution in [3.63, 3.8) is 0 Å². The Bertz CT molecular complexity index is 671. The lowest BCUT2D eigenvalue weighted by molar-refractivity contribution is 0.475. The fraction of sp³-hybridized carbons (Fsp3) is 0.444. The van der Waals surface area contributed by atoms with Crippen molar-refractivity contribution in [2.45, 2.75) is 26.3 Å². The molecule has 1 aromatic carbocycles. The van der Waals surface area contributed by atoms with Crippen LogP contribution in [0, 0.1) is 0 Å². The summed E-state index contributed by atoms with van der Waals surface area (Å²) >= 11 is 3.61. The second-order valence-electron chi connectivity index (χ2n) is 5.81. The van der Waals surface area contributed by atoms with E-state index in [1.54, 1.807) is 0 Å². The van der Waals surface area contributed by atoms with Crippen LogP contribution in [-0.4, -0.2) is 40.8 Å². The Hall–Kier alpha value is -1.09. The van der Waals surface area contributed by atoms with Gasteiger partial charge in [0.25, 0.3) is 0 Å². The highest BCUT2D eigenvalue weighted by atomic mass is 127. The number of hydrogen-bond donors (Lipinski definition) is 1. The molecule has 0 atom stereocenters. The first-order chi connectivity index (χ1) is 11.6. The molecule has 0 radical (unpaired) electrons. The van der Waals surface area contributed by atoms with Crippen molar-refractivity contribution in [3.8, 4) is 0 Å². The average molecular weight is 520 g/mol. The lowest BCUT2D eigenvalue weighted by Gasteiger charge is -2.22. The molecule has 25 heavy (non-hydrogen) atoms. The molecule has 7 heteroatoms. The first-order valence-electron chi connectivity index (χ1n) is 8.30. The third-order valence-corrected chi connectivity index (χ3v) is 4.48. The second-order valence-corrected chi connectivity index (χ2v) is 6.66. The van der Waals surface area contributed by atoms with Crippen LogP contribution in [-0.2, 0) is 20.0 Å². The van der Waals surface area contributed by atoms with Gasteiger partial charge in [-0.05, 0) is 37.0 Å². The van der Waals surface area contributed by atoms with E-state index < -0.39 is 0 Å². The number of nitrogens with zero attached hydrogens (tertiary/aromatic N) is 4. The fourth-order valence-corrected chi connectivity index (χ4v) is 2.91. The van der Waals surface area contributed by atoms with Crippen LogP contribution in [0.3, 0.4) is 0 Å². The SMILES string of the molecule is CCNC(=NCCCc1cnn(C)c1)N(C)Cc1ccccc1Br.I. The third kappa shape index (κ3) is 7.35. The minimum atomic E-state index is 0. The van der Waals surface area contributed by atoms with Gasteiger partial charge in [-0.2, -0.15) is 5.10 Å². The molecule has 0 spiro atoms. The Morgan fingerprint density at radius 3 is 2.76 bits per heavy atom. The van der Waals surface area contributed by atoms with Crippen LogP contribution in [0.4, 0.5) is 0 Å². The van der Waals surface area contributed by atoms with Crippen LogP contribution in [0.2, 0.25) is 0 Å². The summed E-state index contributed by atoms with van der Waals surface area (Å²) in [6.45, 7) is 4.58. The van der Waals surface area contributed by atoms with Crippen molar-refractivity contribution in [2.75, 3.05) is 20.1 Å². The zero-order valence-electron chi connectivity index (χ0n) is 15.1. The van der Waals surface area contributed by atoms with Gasteiger partial charge in [-0.1, -0.05) is 34.1 Å². The van der Waals surface area contributed by atoms with Gasteiger partial charge in [0.05, 0.1) is 6.20 Å². The maximum Gasteiger partial charge on any atom is 0.193 e. The van der Waals surface area contributed by atoms with Crippen LogP contribution in [0.5, 0.6) is 0 Å². The standard InChI is InChI=1S/C18H26BrN5.HI/c1-4-20-18(21-11-7-8-15-12-22-24(3)13-15)23(2)14-16-9-5-6-10-17(16)19;/h5-6,9-10,12-13H,4,7-8,11,14H2,1-3H3,(H,20,21);1H. The number of benzene rings is 1. The van der Waals surface area contributed by atoms with E-state index in [0.29, 0.717) is 0 Å². The minimum Gasteiger partial charge on any atom is -0.357 e. The van der Waals surface area contributed by atoms with Gasteiger partial charge >= 0.3 is 0 Å². The summed E-state index contributed by atoms with van der Waals surface area (Å²) in [6, 6.07) is 8.30. The number of rotatable bonds is 7. The Kier molecular flexibility index (Phi) is 10.1. The number of nitrogens with one attached hydrogen (secondary N) is 1. The van der Waals surface area contributed by atoms with E-state index in [1.807, 2.05) is 24.0 Å². The van der Waals surface area contributed by atoms with Gasteiger partial charge in [0.1, 0.15) is 0 Å². The number of hydrogen-bond acceptors (Lipinski definition) is 2. The molecule has 0 aliphatic heterocycles. The van der Waals surface area contributed by atoms with Gasteiger partial charge in [0.2, 0.25) is 0 Å². The zero-order chi connectivity index (χ0) is 17.4. The van der Waals surface area contributed by atoms with Crippen molar-refractivity contribution in [3.05, 3.63) is 52.3 Å². The van der Waals surface area contributed by atoms with Gasteiger partial charge < -0.3 is 10.2 Å². The van der Waals surface area contributed by atoms with Crippen LogP contribution < -0.4 is 5.32 Å². The summed E-state index contributed by atoms with van der Waals surface area (Å²) in [5, 5.41) is 7.57. The number of halogens is 2. The normalized spacial score (nSPS) is 11.1. The molecule has 0 fully saturated rings. The van der Waals surface area contributed by atoms with Crippen molar-refractivity contribution < 1.29 is 0 Å². The first kappa shape index (κ1) is 22.0. The van der Waals surface area contributed by atoms with Crippen molar-refractivity contribution in [1.29, 1.82) is 0 Å². The largest absolute Gasteiger partial charge is 0.357 e. The third-order valence-electron chi connectivity index (χ3n) is 3.71. The zero-order valence-corrected chi connectivity index (χ0v) is 19.0. The van der Waals surface area contributed by atoms with E-state index in [1.165, 1.54) is 11.1 Å². The molecule has 0 amide bonds. The molecule has 0 aliphatic rings. The fourth-order valence-electron chi connectivity index (χ4n) is 2.50. The maximum atomic E-state index is 4.75. The molecular formula is C18H27BrIN5. The highest BCUT2D eigenvalue weighted by Gasteiger charge is 2.08. The molecule has 5 nitrogen and oxygen atoms in total. The van der Waals surface area contributed by atoms with Crippen molar-refractivity contribution in [2.24, 2.45) is 12.0 Å². The van der Waals surface area contributed by atoms with Crippen LogP contribution in [0.1, 0.15) is 24.5 Å². The molecule has 0 saturated carbocycles. The molecule has 1 aromatic heterocycles. The molecule has 0 saturated heterocycles. The van der Waals surface area contributed by atoms with Gasteiger partial charge in [-0.3, -0.25) is 9.67 Å². The van der Waals surface area contributed by atoms with Gasteiger partial charge in [0.15, 0.2) is 5.96 Å². The van der Waals surface area contributed by atoms with E-state index in [-0.39, 0.29) is 24.0 Å². The topological polar surface area (TPSA) is 45.5 Å². The van der Waals surface area contributed by atoms with Crippen LogP contribution in [0.15, 0.2) is 46.1 Å². The number of aromatic nitrogens is 2. The average Bonchev–Trinajstić information content (AvgIpc) is 2.98. The molecule has 1 N–H and O–H groups in total. The highest BCUT2D eigenvalue weighted by Crippen LogP contribution is 2.17. The predicted molar refractivity (Wildman–Crippen MR) is 119 cm³/mol. The lowest BCUT2D eigenvalue weighted by Crippen LogP contribution is -2.38. The molecular weight excluding hydrogens is 493 g/mol. The Morgan fingerprint density at radius 2 is 2.12 bits per heavy atom. The minimum absolute atomic E-state index is 0. The highest BCUT2D eigenvalue weighted by molar-refractivity contribution is 14.0. The van der Waals surface area contributed by atoms with Crippen molar-refractivity contribution >= 4 is 45.9 Å². The summed E-state index contributed by atoms with van der Waals surface area (Å²) in [4.78, 5) is 6.91. The summed E-state index contributed by atoms with van der Waals surface area (Å²) in [6.07, 6.45) is 6.01. The van der Waals surface area contributed by atoms with Gasteiger partial charge in [-0.15, -0.1) is 24.0 Å². The Morgan fingerprint density at radius 1 is 1.36 bits per heavy atom. The summed E-state index contributed by atoms with van der Waals surface area (Å²) < 4.78 is 2.97. The lowest BCUT2D eigenvalue weighted by atomic mass is 10.2. The molecule has 0 unspecified atom stereocenters. The maximum absolute atomic E-state index is 4.75. The second kappa shape index (κ2) is 11.5. The molecule has 2 rings (SSSR count). The van der Waals surface area contributed by atoms with E-state index in [2.05, 4.69) is 69.6 Å². The van der Waals surface area contributed by atoms with E-state index in [0.717, 1.165) is 42.9 Å². The quantitative estimate of drug-likeness (QED) is 0.262. The monoisotopic (exact) mass is 519 g/mol. The Labute approximate surface area is 176 Å². The smallest absolute Gasteiger partial charge is 0.193 e. The van der Waals surface area contributed by atoms with Crippen LogP contribution in [0.25, 0.3) is 0 Å². The van der Waals surface area contributed by atoms with Crippen LogP contribution >= 0.6 is 39.9 Å². The van der Waals surface area contributed by atoms with Gasteiger partial charge in [0, 0.05) is 44.4 Å². The Balaban J connectivity index is 0.00000312. The first-order valence-corrected chi connectivity index (χ1v) is 9.09. The molecule has 0 aliphatic carbocycles. The molecule has 1 heterocycles. The van der Waals surface area contributed by atoms with Gasteiger partial charge in [-0.25, -0.2) is 0 Å². The summed E-state index contributed by atoms with van der Waals surface area (Å²) in [7, 11) is 4.02. The van der Waals surface area contributed by atoms with E-state index in [4.69, 9.17) is 4.99 Å². The van der Waals surface area contributed by atoms with E-state index in [9.17, 15) is 0 Å². The van der Waals surface area contributed by atoms with E-state index >= 15 is 0 Å². The number of aryl methyl sites for hydroxylation is 2. The van der Waals surface area contributed by atoms with Crippen molar-refractivity contribution in [1.82, 2.24) is 20.0 Å². The molecule has 138 valence electrons.